The van der Waals surface area contributed by atoms with Crippen LogP contribution in [0.25, 0.3) is 0 Å². The van der Waals surface area contributed by atoms with Crippen LogP contribution in [0, 0.1) is 20.8 Å². The molecule has 0 atom stereocenters. The Morgan fingerprint density at radius 2 is 1.55 bits per heavy atom. The van der Waals surface area contributed by atoms with Crippen molar-refractivity contribution in [3.8, 4) is 0 Å². The Balaban J connectivity index is 0.000000461. The zero-order valence-corrected chi connectivity index (χ0v) is 11.7. The molecule has 0 aliphatic heterocycles. The van der Waals surface area contributed by atoms with Crippen LogP contribution in [0.2, 0.25) is 0 Å². The van der Waals surface area contributed by atoms with E-state index >= 15 is 0 Å². The van der Waals surface area contributed by atoms with E-state index < -0.39 is 0 Å². The summed E-state index contributed by atoms with van der Waals surface area (Å²) in [6.45, 7) is 6.39. The van der Waals surface area contributed by atoms with Gasteiger partial charge in [0.25, 0.3) is 0 Å². The van der Waals surface area contributed by atoms with Crippen LogP contribution in [0.5, 0.6) is 0 Å². The fraction of sp³-hybridized carbons (Fsp3) is 0.300. The molecule has 1 heteroatoms. The van der Waals surface area contributed by atoms with E-state index in [9.17, 15) is 0 Å². The van der Waals surface area contributed by atoms with Crippen LogP contribution in [0.15, 0.2) is 18.2 Å². The van der Waals surface area contributed by atoms with E-state index in [1.807, 2.05) is 0 Å². The minimum atomic E-state index is 0.900. The first kappa shape index (κ1) is 11.0. The van der Waals surface area contributed by atoms with Gasteiger partial charge in [0.15, 0.2) is 0 Å². The maximum absolute atomic E-state index is 3.42. The molecule has 1 aromatic rings. The predicted molar refractivity (Wildman–Crippen MR) is 47.8 cm³/mol. The van der Waals surface area contributed by atoms with E-state index in [1.165, 1.54) is 16.7 Å². The SMILES string of the molecule is Cc1ccc(C)c(C)c1.[CH2]=[Cd]. The molecule has 56 valence electrons. The van der Waals surface area contributed by atoms with Crippen LogP contribution in [-0.2, 0) is 25.3 Å². The van der Waals surface area contributed by atoms with E-state index in [2.05, 4.69) is 43.0 Å². The van der Waals surface area contributed by atoms with Crippen molar-refractivity contribution in [1.29, 1.82) is 0 Å². The van der Waals surface area contributed by atoms with Crippen LogP contribution in [0.3, 0.4) is 0 Å². The van der Waals surface area contributed by atoms with Gasteiger partial charge in [-0.2, -0.15) is 0 Å². The third kappa shape index (κ3) is 3.80. The van der Waals surface area contributed by atoms with Crippen LogP contribution < -0.4 is 0 Å². The molecule has 0 unspecified atom stereocenters. The quantitative estimate of drug-likeness (QED) is 0.618. The second-order valence-electron chi connectivity index (χ2n) is 2.59. The monoisotopic (exact) mass is 248 g/mol. The fourth-order valence-corrected chi connectivity index (χ4v) is 0.891. The van der Waals surface area contributed by atoms with Crippen LogP contribution in [-0.4, -0.2) is 4.06 Å². The molecule has 11 heavy (non-hydrogen) atoms. The number of benzene rings is 1. The molecule has 0 aliphatic rings. The summed E-state index contributed by atoms with van der Waals surface area (Å²) < 4.78 is 3.42. The Kier molecular flexibility index (Phi) is 5.64. The van der Waals surface area contributed by atoms with Gasteiger partial charge in [-0.15, -0.1) is 0 Å². The van der Waals surface area contributed by atoms with E-state index in [1.54, 1.807) is 0 Å². The van der Waals surface area contributed by atoms with E-state index in [4.69, 9.17) is 0 Å². The Morgan fingerprint density at radius 1 is 1.00 bits per heavy atom. The zero-order valence-electron chi connectivity index (χ0n) is 7.65. The maximum atomic E-state index is 3.42. The van der Waals surface area contributed by atoms with Crippen molar-refractivity contribution < 1.29 is 25.3 Å². The first-order chi connectivity index (χ1) is 5.20. The predicted octanol–water partition coefficient (Wildman–Crippen LogP) is 2.58. The molecule has 0 saturated carbocycles. The first-order valence-electron chi connectivity index (χ1n) is 3.74. The van der Waals surface area contributed by atoms with E-state index in [0.717, 1.165) is 25.3 Å². The average Bonchev–Trinajstić information content (AvgIpc) is 2.02. The molecular formula is C10H14Cd. The van der Waals surface area contributed by atoms with Gasteiger partial charge >= 0.3 is 29.3 Å². The van der Waals surface area contributed by atoms with Gasteiger partial charge < -0.3 is 0 Å². The fourth-order valence-electron chi connectivity index (χ4n) is 0.891. The molecule has 1 rings (SSSR count). The number of hydrogen-bond donors (Lipinski definition) is 0. The van der Waals surface area contributed by atoms with Crippen LogP contribution >= 0.6 is 0 Å². The minimum absolute atomic E-state index is 0.900. The second-order valence-corrected chi connectivity index (χ2v) is 2.59. The van der Waals surface area contributed by atoms with Gasteiger partial charge in [-0.1, -0.05) is 23.8 Å². The summed E-state index contributed by atoms with van der Waals surface area (Å²) in [5.41, 5.74) is 4.11. The number of rotatable bonds is 0. The van der Waals surface area contributed by atoms with Gasteiger partial charge in [0.1, 0.15) is 0 Å². The van der Waals surface area contributed by atoms with Crippen molar-refractivity contribution >= 4 is 4.06 Å². The Labute approximate surface area is 84.8 Å². The van der Waals surface area contributed by atoms with Crippen molar-refractivity contribution in [3.63, 3.8) is 0 Å². The summed E-state index contributed by atoms with van der Waals surface area (Å²) in [7, 11) is 0. The standard InChI is InChI=1S/C9H12.CH2.Cd/c1-7-4-5-8(2)9(3)6-7;;/h4-6H,1-3H3;1H2;. The van der Waals surface area contributed by atoms with Gasteiger partial charge in [0.05, 0.1) is 0 Å². The van der Waals surface area contributed by atoms with Gasteiger partial charge in [0, 0.05) is 0 Å². The topological polar surface area (TPSA) is 0 Å². The van der Waals surface area contributed by atoms with Crippen molar-refractivity contribution in [2.45, 2.75) is 20.8 Å². The summed E-state index contributed by atoms with van der Waals surface area (Å²) in [4.78, 5) is 0. The number of hydrogen-bond acceptors (Lipinski definition) is 0. The molecule has 0 aromatic heterocycles. The third-order valence-corrected chi connectivity index (χ3v) is 1.66. The summed E-state index contributed by atoms with van der Waals surface area (Å²) in [6.07, 6.45) is 0. The summed E-state index contributed by atoms with van der Waals surface area (Å²) in [5, 5.41) is 0. The van der Waals surface area contributed by atoms with Crippen molar-refractivity contribution in [2.24, 2.45) is 0 Å². The average molecular weight is 247 g/mol. The molecule has 0 aliphatic carbocycles. The second kappa shape index (κ2) is 5.64. The Hall–Kier alpha value is 0.0121. The molecule has 0 amide bonds. The molecule has 0 bridgehead atoms. The van der Waals surface area contributed by atoms with Gasteiger partial charge in [-0.3, -0.25) is 0 Å². The molecule has 0 N–H and O–H groups in total. The third-order valence-electron chi connectivity index (χ3n) is 1.66. The molecule has 1 aromatic carbocycles. The van der Waals surface area contributed by atoms with Crippen molar-refractivity contribution in [1.82, 2.24) is 0 Å². The zero-order chi connectivity index (χ0) is 8.85. The number of aryl methyl sites for hydroxylation is 3. The van der Waals surface area contributed by atoms with Crippen molar-refractivity contribution in [3.05, 3.63) is 34.9 Å². The van der Waals surface area contributed by atoms with Crippen LogP contribution in [0.1, 0.15) is 16.7 Å². The normalized spacial score (nSPS) is 8.45. The summed E-state index contributed by atoms with van der Waals surface area (Å²) in [6, 6.07) is 6.50. The molecule has 0 saturated heterocycles. The summed E-state index contributed by atoms with van der Waals surface area (Å²) in [5.74, 6) is 0. The van der Waals surface area contributed by atoms with E-state index in [-0.39, 0.29) is 0 Å². The Bertz CT molecular complexity index is 228. The first-order valence-corrected chi connectivity index (χ1v) is 6.59. The molecule has 0 radical (unpaired) electrons. The van der Waals surface area contributed by atoms with Gasteiger partial charge in [-0.25, -0.2) is 0 Å². The van der Waals surface area contributed by atoms with Crippen molar-refractivity contribution in [2.75, 3.05) is 0 Å². The molecule has 0 fully saturated rings. The van der Waals surface area contributed by atoms with Crippen LogP contribution in [0.4, 0.5) is 0 Å². The molecular weight excluding hydrogens is 233 g/mol. The van der Waals surface area contributed by atoms with Gasteiger partial charge in [-0.05, 0) is 31.9 Å². The van der Waals surface area contributed by atoms with E-state index in [0.29, 0.717) is 0 Å². The Morgan fingerprint density at radius 3 is 1.91 bits per heavy atom. The summed E-state index contributed by atoms with van der Waals surface area (Å²) >= 11 is 0.900. The molecule has 0 spiro atoms. The molecule has 0 nitrogen and oxygen atoms in total. The van der Waals surface area contributed by atoms with Gasteiger partial charge in [0.2, 0.25) is 0 Å². The molecule has 0 heterocycles.